The van der Waals surface area contributed by atoms with Gasteiger partial charge in [-0.25, -0.2) is 9.97 Å². The molecular weight excluding hydrogens is 278 g/mol. The third kappa shape index (κ3) is 2.73. The normalized spacial score (nSPS) is 19.7. The molecule has 116 valence electrons. The fourth-order valence-corrected chi connectivity index (χ4v) is 3.22. The Hall–Kier alpha value is -1.88. The molecule has 0 radical (unpaired) electrons. The van der Waals surface area contributed by atoms with E-state index in [4.69, 9.17) is 9.15 Å². The van der Waals surface area contributed by atoms with E-state index in [1.807, 2.05) is 12.4 Å². The van der Waals surface area contributed by atoms with Crippen molar-refractivity contribution in [3.8, 4) is 11.3 Å². The molecule has 0 atom stereocenters. The highest BCUT2D eigenvalue weighted by atomic mass is 16.5. The molecule has 0 bridgehead atoms. The van der Waals surface area contributed by atoms with Gasteiger partial charge in [0.2, 0.25) is 0 Å². The van der Waals surface area contributed by atoms with E-state index < -0.39 is 0 Å². The van der Waals surface area contributed by atoms with Gasteiger partial charge >= 0.3 is 0 Å². The second kappa shape index (κ2) is 6.08. The zero-order valence-corrected chi connectivity index (χ0v) is 12.7. The van der Waals surface area contributed by atoms with Crippen molar-refractivity contribution < 1.29 is 9.15 Å². The molecule has 2 fully saturated rings. The Morgan fingerprint density at radius 1 is 1.00 bits per heavy atom. The Labute approximate surface area is 130 Å². The number of nitrogens with zero attached hydrogens (tertiary/aromatic N) is 3. The summed E-state index contributed by atoms with van der Waals surface area (Å²) in [6.07, 6.45) is 8.22. The van der Waals surface area contributed by atoms with Crippen LogP contribution in [0.15, 0.2) is 28.9 Å². The summed E-state index contributed by atoms with van der Waals surface area (Å²) in [6.45, 7) is 3.83. The minimum absolute atomic E-state index is 0.388. The van der Waals surface area contributed by atoms with Crippen molar-refractivity contribution in [1.29, 1.82) is 0 Å². The molecule has 2 aliphatic heterocycles. The molecule has 2 aromatic heterocycles. The molecule has 0 saturated carbocycles. The lowest BCUT2D eigenvalue weighted by Crippen LogP contribution is -2.18. The molecule has 0 unspecified atom stereocenters. The van der Waals surface area contributed by atoms with Crippen LogP contribution in [0.25, 0.3) is 11.3 Å². The van der Waals surface area contributed by atoms with E-state index in [2.05, 4.69) is 27.0 Å². The van der Waals surface area contributed by atoms with Crippen LogP contribution in [0.4, 0.5) is 5.82 Å². The van der Waals surface area contributed by atoms with Crippen LogP contribution >= 0.6 is 0 Å². The topological polar surface area (TPSA) is 51.4 Å². The van der Waals surface area contributed by atoms with Crippen molar-refractivity contribution in [1.82, 2.24) is 9.97 Å². The average molecular weight is 299 g/mol. The first-order valence-corrected chi connectivity index (χ1v) is 8.15. The highest BCUT2D eigenvalue weighted by molar-refractivity contribution is 5.57. The standard InChI is InChI=1S/C17H21N3O2/c1-2-8-20(7-1)16-4-3-14(11-18-16)15-12-19-17(22-15)13-5-9-21-10-6-13/h3-4,11-13H,1-2,5-10H2. The van der Waals surface area contributed by atoms with Gasteiger partial charge in [-0.15, -0.1) is 0 Å². The summed E-state index contributed by atoms with van der Waals surface area (Å²) in [5.41, 5.74) is 0.994. The molecule has 5 heteroatoms. The smallest absolute Gasteiger partial charge is 0.198 e. The fourth-order valence-electron chi connectivity index (χ4n) is 3.22. The Bertz CT molecular complexity index is 611. The monoisotopic (exact) mass is 299 g/mol. The van der Waals surface area contributed by atoms with Gasteiger partial charge in [-0.3, -0.25) is 0 Å². The Morgan fingerprint density at radius 3 is 2.55 bits per heavy atom. The van der Waals surface area contributed by atoms with Crippen molar-refractivity contribution in [2.45, 2.75) is 31.6 Å². The number of oxazole rings is 1. The van der Waals surface area contributed by atoms with Crippen LogP contribution in [0.5, 0.6) is 0 Å². The SMILES string of the molecule is c1cc(N2CCCC2)ncc1-c1cnc(C2CCOCC2)o1. The van der Waals surface area contributed by atoms with Gasteiger partial charge in [0, 0.05) is 44.0 Å². The number of ether oxygens (including phenoxy) is 1. The van der Waals surface area contributed by atoms with Crippen LogP contribution < -0.4 is 4.90 Å². The molecule has 4 rings (SSSR count). The molecule has 22 heavy (non-hydrogen) atoms. The van der Waals surface area contributed by atoms with E-state index in [1.165, 1.54) is 12.8 Å². The van der Waals surface area contributed by atoms with Gasteiger partial charge in [0.25, 0.3) is 0 Å². The fraction of sp³-hybridized carbons (Fsp3) is 0.529. The lowest BCUT2D eigenvalue weighted by atomic mass is 10.0. The summed E-state index contributed by atoms with van der Waals surface area (Å²) in [4.78, 5) is 11.4. The summed E-state index contributed by atoms with van der Waals surface area (Å²) in [7, 11) is 0. The van der Waals surface area contributed by atoms with Crippen molar-refractivity contribution >= 4 is 5.82 Å². The first kappa shape index (κ1) is 13.8. The van der Waals surface area contributed by atoms with Crippen LogP contribution in [0.1, 0.15) is 37.5 Å². The second-order valence-corrected chi connectivity index (χ2v) is 6.05. The summed E-state index contributed by atoms with van der Waals surface area (Å²) in [6, 6.07) is 4.16. The van der Waals surface area contributed by atoms with Gasteiger partial charge in [-0.1, -0.05) is 0 Å². The van der Waals surface area contributed by atoms with Gasteiger partial charge < -0.3 is 14.1 Å². The van der Waals surface area contributed by atoms with Crippen molar-refractivity contribution in [2.24, 2.45) is 0 Å². The van der Waals surface area contributed by atoms with Crippen molar-refractivity contribution in [3.05, 3.63) is 30.4 Å². The van der Waals surface area contributed by atoms with Gasteiger partial charge in [0.1, 0.15) is 5.82 Å². The Morgan fingerprint density at radius 2 is 1.82 bits per heavy atom. The molecule has 0 amide bonds. The molecule has 2 saturated heterocycles. The molecule has 2 aliphatic rings. The molecule has 0 spiro atoms. The van der Waals surface area contributed by atoms with Crippen molar-refractivity contribution in [3.63, 3.8) is 0 Å². The number of hydrogen-bond donors (Lipinski definition) is 0. The Balaban J connectivity index is 1.50. The minimum atomic E-state index is 0.388. The third-order valence-electron chi connectivity index (χ3n) is 4.56. The molecule has 5 nitrogen and oxygen atoms in total. The summed E-state index contributed by atoms with van der Waals surface area (Å²) in [5.74, 6) is 3.09. The van der Waals surface area contributed by atoms with Crippen LogP contribution in [0.3, 0.4) is 0 Å². The van der Waals surface area contributed by atoms with Gasteiger partial charge in [-0.2, -0.15) is 0 Å². The maximum absolute atomic E-state index is 5.95. The maximum Gasteiger partial charge on any atom is 0.198 e. The molecule has 0 N–H and O–H groups in total. The zero-order chi connectivity index (χ0) is 14.8. The number of aromatic nitrogens is 2. The first-order chi connectivity index (χ1) is 10.9. The number of pyridine rings is 1. The predicted octanol–water partition coefficient (Wildman–Crippen LogP) is 3.23. The predicted molar refractivity (Wildman–Crippen MR) is 84.0 cm³/mol. The molecule has 0 aliphatic carbocycles. The quantitative estimate of drug-likeness (QED) is 0.871. The molecule has 2 aromatic rings. The van der Waals surface area contributed by atoms with Gasteiger partial charge in [0.15, 0.2) is 11.7 Å². The van der Waals surface area contributed by atoms with E-state index in [-0.39, 0.29) is 0 Å². The summed E-state index contributed by atoms with van der Waals surface area (Å²) < 4.78 is 11.3. The van der Waals surface area contributed by atoms with E-state index >= 15 is 0 Å². The summed E-state index contributed by atoms with van der Waals surface area (Å²) in [5, 5.41) is 0. The number of anilines is 1. The molecule has 0 aromatic carbocycles. The number of hydrogen-bond acceptors (Lipinski definition) is 5. The Kier molecular flexibility index (Phi) is 3.81. The third-order valence-corrected chi connectivity index (χ3v) is 4.56. The lowest BCUT2D eigenvalue weighted by Gasteiger charge is -2.18. The lowest BCUT2D eigenvalue weighted by molar-refractivity contribution is 0.0796. The molecular formula is C17H21N3O2. The van der Waals surface area contributed by atoms with Crippen LogP contribution in [0.2, 0.25) is 0 Å². The van der Waals surface area contributed by atoms with E-state index in [0.717, 1.165) is 62.2 Å². The van der Waals surface area contributed by atoms with E-state index in [0.29, 0.717) is 5.92 Å². The second-order valence-electron chi connectivity index (χ2n) is 6.05. The average Bonchev–Trinajstić information content (AvgIpc) is 3.28. The van der Waals surface area contributed by atoms with Gasteiger partial charge in [-0.05, 0) is 37.8 Å². The zero-order valence-electron chi connectivity index (χ0n) is 12.7. The van der Waals surface area contributed by atoms with Gasteiger partial charge in [0.05, 0.1) is 6.20 Å². The van der Waals surface area contributed by atoms with Crippen LogP contribution in [-0.4, -0.2) is 36.3 Å². The van der Waals surface area contributed by atoms with Crippen LogP contribution in [0, 0.1) is 0 Å². The summed E-state index contributed by atoms with van der Waals surface area (Å²) >= 11 is 0. The highest BCUT2D eigenvalue weighted by Crippen LogP contribution is 2.30. The molecule has 4 heterocycles. The van der Waals surface area contributed by atoms with E-state index in [9.17, 15) is 0 Å². The maximum atomic E-state index is 5.95. The van der Waals surface area contributed by atoms with Crippen LogP contribution in [-0.2, 0) is 4.74 Å². The minimum Gasteiger partial charge on any atom is -0.440 e. The van der Waals surface area contributed by atoms with E-state index in [1.54, 1.807) is 0 Å². The van der Waals surface area contributed by atoms with Crippen molar-refractivity contribution in [2.75, 3.05) is 31.2 Å². The largest absolute Gasteiger partial charge is 0.440 e. The first-order valence-electron chi connectivity index (χ1n) is 8.15. The number of rotatable bonds is 3. The highest BCUT2D eigenvalue weighted by Gasteiger charge is 2.21.